The van der Waals surface area contributed by atoms with Gasteiger partial charge in [-0.05, 0) is 25.0 Å². The third kappa shape index (κ3) is 4.60. The van der Waals surface area contributed by atoms with Gasteiger partial charge in [-0.15, -0.1) is 10.2 Å². The number of aromatic hydroxyl groups is 1. The van der Waals surface area contributed by atoms with Crippen LogP contribution in [0.3, 0.4) is 0 Å². The van der Waals surface area contributed by atoms with Crippen molar-refractivity contribution in [2.45, 2.75) is 19.9 Å². The van der Waals surface area contributed by atoms with Crippen LogP contribution in [0.15, 0.2) is 63.6 Å². The summed E-state index contributed by atoms with van der Waals surface area (Å²) in [6.07, 6.45) is 0.451. The molecule has 1 heterocycles. The van der Waals surface area contributed by atoms with Crippen molar-refractivity contribution in [1.29, 1.82) is 5.26 Å². The first-order valence-electron chi connectivity index (χ1n) is 9.09. The van der Waals surface area contributed by atoms with Crippen LogP contribution >= 0.6 is 11.6 Å². The Bertz CT molecular complexity index is 1280. The molecule has 0 atom stereocenters. The van der Waals surface area contributed by atoms with Crippen molar-refractivity contribution in [3.8, 4) is 11.9 Å². The van der Waals surface area contributed by atoms with E-state index in [4.69, 9.17) is 11.6 Å². The minimum Gasteiger partial charge on any atom is -0.493 e. The number of nitriles is 1. The molecule has 9 nitrogen and oxygen atoms in total. The molecule has 0 aliphatic carbocycles. The number of pyridine rings is 1. The van der Waals surface area contributed by atoms with E-state index < -0.39 is 16.4 Å². The Morgan fingerprint density at radius 2 is 1.94 bits per heavy atom. The van der Waals surface area contributed by atoms with Crippen LogP contribution in [0.2, 0.25) is 5.02 Å². The standard InChI is InChI=1S/C21H16ClN5O4/c1-13-16(12-23)20(28)26(10-9-14-5-3-2-4-6-14)21(29)19(13)25-24-18-8-7-15(27(30)31)11-17(18)22/h2-8,11,28H,9-10H2,1H3. The number of nitro groups is 1. The summed E-state index contributed by atoms with van der Waals surface area (Å²) in [5.41, 5.74) is 0.199. The van der Waals surface area contributed by atoms with Gasteiger partial charge < -0.3 is 5.11 Å². The highest BCUT2D eigenvalue weighted by molar-refractivity contribution is 6.33. The molecule has 31 heavy (non-hydrogen) atoms. The van der Waals surface area contributed by atoms with Gasteiger partial charge in [-0.3, -0.25) is 19.5 Å². The van der Waals surface area contributed by atoms with Crippen molar-refractivity contribution in [2.75, 3.05) is 0 Å². The summed E-state index contributed by atoms with van der Waals surface area (Å²) in [6, 6.07) is 14.9. The lowest BCUT2D eigenvalue weighted by atomic mass is 10.1. The van der Waals surface area contributed by atoms with E-state index in [0.29, 0.717) is 6.42 Å². The van der Waals surface area contributed by atoms with Gasteiger partial charge in [-0.1, -0.05) is 41.9 Å². The Kier molecular flexibility index (Phi) is 6.43. The first-order chi connectivity index (χ1) is 14.8. The molecule has 0 aliphatic heterocycles. The Balaban J connectivity index is 2.02. The van der Waals surface area contributed by atoms with Crippen LogP contribution in [-0.2, 0) is 13.0 Å². The van der Waals surface area contributed by atoms with E-state index >= 15 is 0 Å². The molecule has 0 bridgehead atoms. The lowest BCUT2D eigenvalue weighted by molar-refractivity contribution is -0.384. The number of benzene rings is 2. The Hall–Kier alpha value is -4.03. The minimum atomic E-state index is -0.619. The molecule has 0 radical (unpaired) electrons. The number of hydrogen-bond acceptors (Lipinski definition) is 7. The van der Waals surface area contributed by atoms with E-state index in [0.717, 1.165) is 16.2 Å². The SMILES string of the molecule is Cc1c(C#N)c(O)n(CCc2ccccc2)c(=O)c1N=Nc1ccc([N+](=O)[O-])cc1Cl. The van der Waals surface area contributed by atoms with Crippen LogP contribution in [0.25, 0.3) is 0 Å². The molecular formula is C21H16ClN5O4. The monoisotopic (exact) mass is 437 g/mol. The van der Waals surface area contributed by atoms with Gasteiger partial charge in [-0.2, -0.15) is 5.26 Å². The quantitative estimate of drug-likeness (QED) is 0.330. The molecule has 0 unspecified atom stereocenters. The molecule has 0 aliphatic rings. The van der Waals surface area contributed by atoms with E-state index in [2.05, 4.69) is 10.2 Å². The van der Waals surface area contributed by atoms with Crippen LogP contribution in [0.4, 0.5) is 17.1 Å². The summed E-state index contributed by atoms with van der Waals surface area (Å²) in [5, 5.41) is 38.6. The minimum absolute atomic E-state index is 0.0145. The predicted octanol–water partition coefficient (Wildman–Crippen LogP) is 4.95. The normalized spacial score (nSPS) is 10.9. The number of nitrogens with zero attached hydrogens (tertiary/aromatic N) is 5. The molecule has 0 fully saturated rings. The van der Waals surface area contributed by atoms with Gasteiger partial charge >= 0.3 is 0 Å². The number of hydrogen-bond donors (Lipinski definition) is 1. The molecule has 1 N–H and O–H groups in total. The third-order valence-corrected chi connectivity index (χ3v) is 4.94. The average molecular weight is 438 g/mol. The number of nitro benzene ring substituents is 1. The van der Waals surface area contributed by atoms with E-state index in [1.54, 1.807) is 0 Å². The first-order valence-corrected chi connectivity index (χ1v) is 9.47. The second-order valence-corrected chi connectivity index (χ2v) is 6.98. The number of rotatable bonds is 6. The second-order valence-electron chi connectivity index (χ2n) is 6.57. The van der Waals surface area contributed by atoms with Gasteiger partial charge in [0.1, 0.15) is 17.3 Å². The van der Waals surface area contributed by atoms with Crippen molar-refractivity contribution in [2.24, 2.45) is 10.2 Å². The Labute approximate surface area is 181 Å². The average Bonchev–Trinajstić information content (AvgIpc) is 2.75. The fourth-order valence-corrected chi connectivity index (χ4v) is 3.16. The highest BCUT2D eigenvalue weighted by atomic mass is 35.5. The second kappa shape index (κ2) is 9.19. The smallest absolute Gasteiger partial charge is 0.281 e. The van der Waals surface area contributed by atoms with Crippen LogP contribution in [0.1, 0.15) is 16.7 Å². The lowest BCUT2D eigenvalue weighted by Gasteiger charge is -2.13. The van der Waals surface area contributed by atoms with Gasteiger partial charge in [0.05, 0.1) is 9.95 Å². The molecule has 0 amide bonds. The molecule has 3 aromatic rings. The van der Waals surface area contributed by atoms with Gasteiger partial charge in [0.25, 0.3) is 11.2 Å². The number of aryl methyl sites for hydroxylation is 1. The van der Waals surface area contributed by atoms with Crippen LogP contribution < -0.4 is 5.56 Å². The van der Waals surface area contributed by atoms with Crippen LogP contribution in [-0.4, -0.2) is 14.6 Å². The van der Waals surface area contributed by atoms with Crippen LogP contribution in [0.5, 0.6) is 5.88 Å². The molecule has 2 aromatic carbocycles. The maximum atomic E-state index is 13.0. The Morgan fingerprint density at radius 1 is 1.23 bits per heavy atom. The summed E-state index contributed by atoms with van der Waals surface area (Å²) in [4.78, 5) is 23.2. The number of non-ortho nitro benzene ring substituents is 1. The zero-order valence-electron chi connectivity index (χ0n) is 16.3. The summed E-state index contributed by atoms with van der Waals surface area (Å²) in [7, 11) is 0. The molecule has 3 rings (SSSR count). The number of azo groups is 1. The maximum absolute atomic E-state index is 13.0. The van der Waals surface area contributed by atoms with E-state index in [-0.39, 0.29) is 39.8 Å². The van der Waals surface area contributed by atoms with E-state index in [1.807, 2.05) is 36.4 Å². The van der Waals surface area contributed by atoms with Gasteiger partial charge in [0.15, 0.2) is 5.69 Å². The molecule has 0 saturated carbocycles. The lowest BCUT2D eigenvalue weighted by Crippen LogP contribution is -2.22. The Morgan fingerprint density at radius 3 is 2.55 bits per heavy atom. The van der Waals surface area contributed by atoms with Gasteiger partial charge in [0, 0.05) is 24.2 Å². The van der Waals surface area contributed by atoms with Gasteiger partial charge in [-0.25, -0.2) is 0 Å². The zero-order chi connectivity index (χ0) is 22.5. The first kappa shape index (κ1) is 21.7. The van der Waals surface area contributed by atoms with Crippen molar-refractivity contribution >= 4 is 28.7 Å². The fraction of sp³-hybridized carbons (Fsp3) is 0.143. The summed E-state index contributed by atoms with van der Waals surface area (Å²) < 4.78 is 1.07. The summed E-state index contributed by atoms with van der Waals surface area (Å²) in [5.74, 6) is -0.437. The molecule has 10 heteroatoms. The highest BCUT2D eigenvalue weighted by Crippen LogP contribution is 2.31. The van der Waals surface area contributed by atoms with Crippen molar-refractivity contribution in [3.63, 3.8) is 0 Å². The van der Waals surface area contributed by atoms with Crippen molar-refractivity contribution in [3.05, 3.63) is 90.7 Å². The summed E-state index contributed by atoms with van der Waals surface area (Å²) >= 11 is 6.02. The topological polar surface area (TPSA) is 134 Å². The van der Waals surface area contributed by atoms with Gasteiger partial charge in [0.2, 0.25) is 5.88 Å². The molecular weight excluding hydrogens is 422 g/mol. The van der Waals surface area contributed by atoms with E-state index in [9.17, 15) is 25.3 Å². The van der Waals surface area contributed by atoms with Crippen molar-refractivity contribution < 1.29 is 10.0 Å². The molecule has 0 spiro atoms. The number of aromatic nitrogens is 1. The highest BCUT2D eigenvalue weighted by Gasteiger charge is 2.19. The predicted molar refractivity (Wildman–Crippen MR) is 114 cm³/mol. The summed E-state index contributed by atoms with van der Waals surface area (Å²) in [6.45, 7) is 1.61. The molecule has 156 valence electrons. The largest absolute Gasteiger partial charge is 0.493 e. The maximum Gasteiger partial charge on any atom is 0.281 e. The number of halogens is 1. The fourth-order valence-electron chi connectivity index (χ4n) is 2.94. The molecule has 0 saturated heterocycles. The van der Waals surface area contributed by atoms with E-state index in [1.165, 1.54) is 19.1 Å². The zero-order valence-corrected chi connectivity index (χ0v) is 17.1. The van der Waals surface area contributed by atoms with Crippen LogP contribution in [0, 0.1) is 28.4 Å². The van der Waals surface area contributed by atoms with Crippen molar-refractivity contribution in [1.82, 2.24) is 4.57 Å². The third-order valence-electron chi connectivity index (χ3n) is 4.64. The molecule has 1 aromatic heterocycles.